The number of nitrogens with zero attached hydrogens (tertiary/aromatic N) is 3. The van der Waals surface area contributed by atoms with Crippen LogP contribution in [0.1, 0.15) is 123 Å². The first-order valence-electron chi connectivity index (χ1n) is 19.0. The number of fused-ring (bicyclic) bond motifs is 5. The van der Waals surface area contributed by atoms with Crippen LogP contribution in [0.25, 0.3) is 33.8 Å². The van der Waals surface area contributed by atoms with Gasteiger partial charge in [-0.2, -0.15) is 0 Å². The molecule has 4 aromatic rings. The van der Waals surface area contributed by atoms with Gasteiger partial charge in [0.2, 0.25) is 10.0 Å². The highest BCUT2D eigenvalue weighted by Crippen LogP contribution is 2.48. The summed E-state index contributed by atoms with van der Waals surface area (Å²) in [6, 6.07) is 13.8. The third-order valence-corrected chi connectivity index (χ3v) is 12.8. The largest absolute Gasteiger partial charge is 0.497 e. The van der Waals surface area contributed by atoms with E-state index in [0.717, 1.165) is 70.4 Å². The summed E-state index contributed by atoms with van der Waals surface area (Å²) in [5.41, 5.74) is 7.98. The van der Waals surface area contributed by atoms with Crippen molar-refractivity contribution in [3.63, 3.8) is 0 Å². The molecule has 282 valence electrons. The minimum Gasteiger partial charge on any atom is -0.497 e. The van der Waals surface area contributed by atoms with Crippen LogP contribution in [0, 0.1) is 0 Å². The van der Waals surface area contributed by atoms with Crippen molar-refractivity contribution in [2.75, 3.05) is 20.2 Å². The van der Waals surface area contributed by atoms with Gasteiger partial charge >= 0.3 is 0 Å². The number of allylic oxidation sites excluding steroid dienone is 1. The van der Waals surface area contributed by atoms with Crippen LogP contribution in [0.5, 0.6) is 5.75 Å². The van der Waals surface area contributed by atoms with Crippen LogP contribution in [0.15, 0.2) is 48.7 Å². The van der Waals surface area contributed by atoms with Crippen molar-refractivity contribution < 1.29 is 27.5 Å². The van der Waals surface area contributed by atoms with E-state index >= 15 is 0 Å². The number of hydrogen-bond acceptors (Lipinski definition) is 6. The van der Waals surface area contributed by atoms with Crippen LogP contribution in [-0.2, 0) is 21.3 Å². The first-order chi connectivity index (χ1) is 25.3. The van der Waals surface area contributed by atoms with E-state index in [1.54, 1.807) is 27.0 Å². The highest BCUT2D eigenvalue weighted by molar-refractivity contribution is 7.90. The number of amides is 2. The Labute approximate surface area is 313 Å². The molecule has 3 aliphatic rings. The van der Waals surface area contributed by atoms with Crippen LogP contribution in [-0.4, -0.2) is 71.9 Å². The van der Waals surface area contributed by atoms with Crippen LogP contribution < -0.4 is 9.46 Å². The Balaban J connectivity index is 1.46. The van der Waals surface area contributed by atoms with Gasteiger partial charge in [0.1, 0.15) is 5.75 Å². The lowest BCUT2D eigenvalue weighted by Crippen LogP contribution is -2.48. The van der Waals surface area contributed by atoms with Crippen molar-refractivity contribution in [2.45, 2.75) is 110 Å². The van der Waals surface area contributed by atoms with Gasteiger partial charge in [0.05, 0.1) is 48.1 Å². The summed E-state index contributed by atoms with van der Waals surface area (Å²) < 4.78 is 44.0. The van der Waals surface area contributed by atoms with E-state index in [2.05, 4.69) is 45.9 Å². The maximum Gasteiger partial charge on any atom is 0.264 e. The highest BCUT2D eigenvalue weighted by Gasteiger charge is 2.34. The number of rotatable bonds is 8. The summed E-state index contributed by atoms with van der Waals surface area (Å²) >= 11 is 0. The van der Waals surface area contributed by atoms with E-state index < -0.39 is 21.2 Å². The van der Waals surface area contributed by atoms with Gasteiger partial charge in [-0.15, -0.1) is 0 Å². The van der Waals surface area contributed by atoms with Gasteiger partial charge < -0.3 is 23.5 Å². The predicted molar refractivity (Wildman–Crippen MR) is 210 cm³/mol. The molecule has 1 N–H and O–H groups in total. The minimum atomic E-state index is -3.84. The van der Waals surface area contributed by atoms with Gasteiger partial charge in [-0.1, -0.05) is 25.3 Å². The summed E-state index contributed by atoms with van der Waals surface area (Å²) in [6.45, 7) is 12.8. The van der Waals surface area contributed by atoms with Crippen LogP contribution >= 0.6 is 0 Å². The summed E-state index contributed by atoms with van der Waals surface area (Å²) in [5.74, 6) is 0.380. The van der Waals surface area contributed by atoms with Gasteiger partial charge in [0.15, 0.2) is 0 Å². The second-order valence-electron chi connectivity index (χ2n) is 15.6. The van der Waals surface area contributed by atoms with Gasteiger partial charge in [-0.25, -0.2) is 13.1 Å². The van der Waals surface area contributed by atoms with E-state index in [4.69, 9.17) is 9.47 Å². The average molecular weight is 741 g/mol. The summed E-state index contributed by atoms with van der Waals surface area (Å²) in [4.78, 5) is 29.9. The molecule has 2 aromatic carbocycles. The highest BCUT2D eigenvalue weighted by atomic mass is 32.2. The molecule has 10 nitrogen and oxygen atoms in total. The number of sulfonamides is 1. The number of ether oxygens (including phenoxy) is 2. The van der Waals surface area contributed by atoms with Gasteiger partial charge in [0, 0.05) is 47.4 Å². The monoisotopic (exact) mass is 740 g/mol. The number of nitrogens with one attached hydrogen (secondary N) is 1. The zero-order valence-electron chi connectivity index (χ0n) is 31.9. The summed E-state index contributed by atoms with van der Waals surface area (Å²) in [7, 11) is -2.16. The molecule has 2 aromatic heterocycles. The molecule has 2 fully saturated rings. The normalized spacial score (nSPS) is 19.6. The fraction of sp³-hybridized carbons (Fsp3) is 0.476. The van der Waals surface area contributed by atoms with E-state index in [9.17, 15) is 18.0 Å². The molecule has 11 heteroatoms. The van der Waals surface area contributed by atoms with Crippen molar-refractivity contribution in [1.29, 1.82) is 0 Å². The topological polar surface area (TPSA) is 112 Å². The number of hydrogen-bond donors (Lipinski definition) is 1. The summed E-state index contributed by atoms with van der Waals surface area (Å²) in [5, 5.41) is 0.307. The fourth-order valence-corrected chi connectivity index (χ4v) is 9.15. The van der Waals surface area contributed by atoms with Crippen molar-refractivity contribution in [3.05, 3.63) is 76.6 Å². The van der Waals surface area contributed by atoms with E-state index in [-0.39, 0.29) is 29.7 Å². The molecule has 2 unspecified atom stereocenters. The number of benzene rings is 2. The Bertz CT molecular complexity index is 2190. The lowest BCUT2D eigenvalue weighted by Gasteiger charge is -2.35. The molecule has 1 saturated heterocycles. The number of methoxy groups -OCH3 is 1. The maximum absolute atomic E-state index is 14.5. The minimum absolute atomic E-state index is 0.0248. The van der Waals surface area contributed by atoms with E-state index in [1.807, 2.05) is 49.2 Å². The Morgan fingerprint density at radius 3 is 2.30 bits per heavy atom. The molecular formula is C42H52N4O6S. The third kappa shape index (κ3) is 6.94. The molecule has 4 heterocycles. The molecule has 7 rings (SSSR count). The van der Waals surface area contributed by atoms with Crippen LogP contribution in [0.2, 0.25) is 0 Å². The Kier molecular flexibility index (Phi) is 10.1. The molecule has 0 radical (unpaired) electrons. The van der Waals surface area contributed by atoms with Gasteiger partial charge in [-0.05, 0) is 119 Å². The third-order valence-electron chi connectivity index (χ3n) is 11.1. The Hall–Kier alpha value is -4.35. The predicted octanol–water partition coefficient (Wildman–Crippen LogP) is 8.02. The number of aromatic nitrogens is 2. The zero-order valence-corrected chi connectivity index (χ0v) is 32.8. The molecule has 0 spiro atoms. The maximum atomic E-state index is 14.5. The molecule has 53 heavy (non-hydrogen) atoms. The fourth-order valence-electron chi connectivity index (χ4n) is 8.54. The molecule has 1 saturated carbocycles. The zero-order chi connectivity index (χ0) is 37.8. The molecule has 2 aliphatic heterocycles. The second kappa shape index (κ2) is 14.5. The van der Waals surface area contributed by atoms with Crippen molar-refractivity contribution in [3.8, 4) is 17.0 Å². The molecule has 2 amide bonds. The number of carbonyl (C=O) groups excluding carboxylic acids is 2. The summed E-state index contributed by atoms with van der Waals surface area (Å²) in [6.07, 6.45) is 9.72. The SMILES string of the molecule is COc1ccc2c(c1)C=C(c1c(C(=O)N3CC(C)OC(C)C3)ccn1C(C)C)Cn1c-2c(C2CCCCC2)c2ccc(C(=O)NS(=O)(=O)C(C)C)cc21. The van der Waals surface area contributed by atoms with Crippen molar-refractivity contribution >= 4 is 44.4 Å². The van der Waals surface area contributed by atoms with Crippen molar-refractivity contribution in [2.24, 2.45) is 0 Å². The quantitative estimate of drug-likeness (QED) is 0.196. The van der Waals surface area contributed by atoms with Gasteiger partial charge in [-0.3, -0.25) is 9.59 Å². The number of carbonyl (C=O) groups is 2. The second-order valence-corrected chi connectivity index (χ2v) is 17.8. The van der Waals surface area contributed by atoms with E-state index in [0.29, 0.717) is 31.1 Å². The molecular weight excluding hydrogens is 689 g/mol. The smallest absolute Gasteiger partial charge is 0.264 e. The lowest BCUT2D eigenvalue weighted by molar-refractivity contribution is -0.0586. The standard InChI is InChI=1S/C42H52N4O6S/c1-25(2)45-18-17-36(42(48)44-22-27(5)52-28(6)23-44)39(45)32-19-31-20-33(51-7)14-16-34(31)40-38(29-11-9-8-10-12-29)35-15-13-30(21-37(35)46(40)24-32)41(47)43-53(49,50)26(3)4/h13-21,25-29H,8-12,22-24H2,1-7H3,(H,43,47). The van der Waals surface area contributed by atoms with Crippen LogP contribution in [0.4, 0.5) is 0 Å². The Morgan fingerprint density at radius 1 is 0.925 bits per heavy atom. The van der Waals surface area contributed by atoms with Gasteiger partial charge in [0.25, 0.3) is 11.8 Å². The molecule has 0 bridgehead atoms. The first kappa shape index (κ1) is 37.0. The molecule has 1 aliphatic carbocycles. The van der Waals surface area contributed by atoms with Crippen molar-refractivity contribution in [1.82, 2.24) is 18.8 Å². The number of morpholine rings is 1. The lowest BCUT2D eigenvalue weighted by atomic mass is 9.81. The first-order valence-corrected chi connectivity index (χ1v) is 20.6. The molecule has 2 atom stereocenters. The van der Waals surface area contributed by atoms with Crippen LogP contribution in [0.3, 0.4) is 0 Å². The van der Waals surface area contributed by atoms with E-state index in [1.165, 1.54) is 12.0 Å². The average Bonchev–Trinajstić information content (AvgIpc) is 3.66. The Morgan fingerprint density at radius 2 is 1.64 bits per heavy atom.